The molecule has 0 amide bonds. The Balaban J connectivity index is 0.00000220. The maximum Gasteiger partial charge on any atom is 0.191 e. The lowest BCUT2D eigenvalue weighted by molar-refractivity contribution is 0.623. The number of aliphatic imine (C=N–C) groups is 1. The summed E-state index contributed by atoms with van der Waals surface area (Å²) in [6.45, 7) is 1.48. The van der Waals surface area contributed by atoms with Gasteiger partial charge in [-0.1, -0.05) is 15.9 Å². The molecule has 1 saturated heterocycles. The van der Waals surface area contributed by atoms with Gasteiger partial charge in [0.2, 0.25) is 0 Å². The predicted octanol–water partition coefficient (Wildman–Crippen LogP) is 3.77. The van der Waals surface area contributed by atoms with Gasteiger partial charge in [-0.3, -0.25) is 4.99 Å². The summed E-state index contributed by atoms with van der Waals surface area (Å²) < 4.78 is 14.0. The van der Waals surface area contributed by atoms with Crippen molar-refractivity contribution in [3.63, 3.8) is 0 Å². The Kier molecular flexibility index (Phi) is 8.96. The van der Waals surface area contributed by atoms with Crippen molar-refractivity contribution in [2.24, 2.45) is 4.99 Å². The second-order valence-corrected chi connectivity index (χ2v) is 7.04. The molecule has 0 aromatic heterocycles. The summed E-state index contributed by atoms with van der Waals surface area (Å²) in [6, 6.07) is 4.88. The summed E-state index contributed by atoms with van der Waals surface area (Å²) in [5, 5.41) is 7.21. The van der Waals surface area contributed by atoms with Gasteiger partial charge in [0.1, 0.15) is 5.82 Å². The van der Waals surface area contributed by atoms with E-state index in [-0.39, 0.29) is 29.8 Å². The van der Waals surface area contributed by atoms with E-state index in [0.717, 1.165) is 22.5 Å². The van der Waals surface area contributed by atoms with Crippen molar-refractivity contribution >= 4 is 57.6 Å². The van der Waals surface area contributed by atoms with E-state index >= 15 is 0 Å². The lowest BCUT2D eigenvalue weighted by Gasteiger charge is -2.15. The molecule has 1 aromatic rings. The molecule has 1 fully saturated rings. The van der Waals surface area contributed by atoms with Gasteiger partial charge < -0.3 is 10.6 Å². The molecule has 21 heavy (non-hydrogen) atoms. The van der Waals surface area contributed by atoms with Crippen LogP contribution in [0.1, 0.15) is 18.4 Å². The molecule has 0 saturated carbocycles. The van der Waals surface area contributed by atoms with Crippen LogP contribution in [0.15, 0.2) is 27.7 Å². The van der Waals surface area contributed by atoms with Gasteiger partial charge in [-0.2, -0.15) is 11.8 Å². The second kappa shape index (κ2) is 9.89. The van der Waals surface area contributed by atoms with E-state index in [4.69, 9.17) is 0 Å². The Morgan fingerprint density at radius 1 is 1.43 bits per heavy atom. The highest BCUT2D eigenvalue weighted by molar-refractivity contribution is 14.0. The smallest absolute Gasteiger partial charge is 0.191 e. The molecule has 1 aromatic carbocycles. The first kappa shape index (κ1) is 19.0. The van der Waals surface area contributed by atoms with Crippen LogP contribution >= 0.6 is 51.7 Å². The topological polar surface area (TPSA) is 36.4 Å². The summed E-state index contributed by atoms with van der Waals surface area (Å²) in [7, 11) is 1.75. The number of thioether (sulfide) groups is 1. The van der Waals surface area contributed by atoms with E-state index in [2.05, 4.69) is 31.6 Å². The molecule has 0 bridgehead atoms. The fraction of sp³-hybridized carbons (Fsp3) is 0.500. The minimum atomic E-state index is -0.235. The number of rotatable bonds is 4. The van der Waals surface area contributed by atoms with Crippen molar-refractivity contribution in [1.29, 1.82) is 0 Å². The average Bonchev–Trinajstić information content (AvgIpc) is 2.91. The van der Waals surface area contributed by atoms with Crippen molar-refractivity contribution in [2.45, 2.75) is 24.6 Å². The maximum atomic E-state index is 13.3. The van der Waals surface area contributed by atoms with E-state index in [1.165, 1.54) is 30.7 Å². The van der Waals surface area contributed by atoms with Crippen LogP contribution in [-0.4, -0.2) is 30.6 Å². The van der Waals surface area contributed by atoms with E-state index in [1.807, 2.05) is 17.8 Å². The van der Waals surface area contributed by atoms with Gasteiger partial charge in [0.15, 0.2) is 5.96 Å². The molecule has 1 atom stereocenters. The highest BCUT2D eigenvalue weighted by atomic mass is 127. The first-order valence-electron chi connectivity index (χ1n) is 6.68. The molecule has 1 unspecified atom stereocenters. The summed E-state index contributed by atoms with van der Waals surface area (Å²) in [6.07, 6.45) is 2.58. The largest absolute Gasteiger partial charge is 0.355 e. The Bertz CT molecular complexity index is 461. The number of benzene rings is 1. The lowest BCUT2D eigenvalue weighted by Crippen LogP contribution is -2.39. The van der Waals surface area contributed by atoms with Gasteiger partial charge in [-0.05, 0) is 42.4 Å². The zero-order chi connectivity index (χ0) is 14.4. The number of nitrogens with zero attached hydrogens (tertiary/aromatic N) is 1. The molecular formula is C14H20BrFIN3S. The number of hydrogen-bond acceptors (Lipinski definition) is 2. The number of halogens is 3. The zero-order valence-electron chi connectivity index (χ0n) is 11.9. The fourth-order valence-corrected chi connectivity index (χ4v) is 3.85. The van der Waals surface area contributed by atoms with Crippen LogP contribution in [-0.2, 0) is 6.54 Å². The van der Waals surface area contributed by atoms with Crippen molar-refractivity contribution in [3.8, 4) is 0 Å². The highest BCUT2D eigenvalue weighted by Gasteiger charge is 2.15. The van der Waals surface area contributed by atoms with Crippen LogP contribution < -0.4 is 10.6 Å². The molecule has 7 heteroatoms. The predicted molar refractivity (Wildman–Crippen MR) is 103 cm³/mol. The van der Waals surface area contributed by atoms with Crippen LogP contribution in [0, 0.1) is 5.82 Å². The summed E-state index contributed by atoms with van der Waals surface area (Å²) in [5.74, 6) is 1.79. The number of guanidine groups is 1. The molecule has 2 rings (SSSR count). The maximum absolute atomic E-state index is 13.3. The third-order valence-corrected chi connectivity index (χ3v) is 4.98. The molecular weight excluding hydrogens is 468 g/mol. The number of nitrogens with one attached hydrogen (secondary N) is 2. The quantitative estimate of drug-likeness (QED) is 0.385. The van der Waals surface area contributed by atoms with Gasteiger partial charge in [0.25, 0.3) is 0 Å². The monoisotopic (exact) mass is 487 g/mol. The molecule has 1 heterocycles. The van der Waals surface area contributed by atoms with Crippen LogP contribution in [0.3, 0.4) is 0 Å². The summed E-state index contributed by atoms with van der Waals surface area (Å²) in [4.78, 5) is 4.19. The minimum absolute atomic E-state index is 0. The SMILES string of the molecule is CN=C(NCc1cc(F)cc(Br)c1)NCC1CCCS1.I. The summed E-state index contributed by atoms with van der Waals surface area (Å²) >= 11 is 5.31. The summed E-state index contributed by atoms with van der Waals surface area (Å²) in [5.41, 5.74) is 0.884. The Morgan fingerprint density at radius 2 is 2.24 bits per heavy atom. The Morgan fingerprint density at radius 3 is 2.86 bits per heavy atom. The molecule has 1 aliphatic rings. The standard InChI is InChI=1S/C14H19BrFN3S.HI/c1-17-14(19-9-13-3-2-4-20-13)18-8-10-5-11(15)7-12(16)6-10;/h5-7,13H,2-4,8-9H2,1H3,(H2,17,18,19);1H. The lowest BCUT2D eigenvalue weighted by atomic mass is 10.2. The van der Waals surface area contributed by atoms with Crippen LogP contribution in [0.2, 0.25) is 0 Å². The first-order chi connectivity index (χ1) is 9.67. The molecule has 0 spiro atoms. The normalized spacial score (nSPS) is 18.2. The van der Waals surface area contributed by atoms with Crippen LogP contribution in [0.5, 0.6) is 0 Å². The van der Waals surface area contributed by atoms with Crippen molar-refractivity contribution in [2.75, 3.05) is 19.3 Å². The molecule has 0 radical (unpaired) electrons. The molecule has 2 N–H and O–H groups in total. The van der Waals surface area contributed by atoms with Gasteiger partial charge in [-0.15, -0.1) is 24.0 Å². The second-order valence-electron chi connectivity index (χ2n) is 4.72. The molecule has 3 nitrogen and oxygen atoms in total. The van der Waals surface area contributed by atoms with E-state index in [1.54, 1.807) is 7.05 Å². The minimum Gasteiger partial charge on any atom is -0.355 e. The Hall–Kier alpha value is -0.0200. The average molecular weight is 488 g/mol. The molecule has 118 valence electrons. The number of hydrogen-bond donors (Lipinski definition) is 2. The third-order valence-electron chi connectivity index (χ3n) is 3.13. The van der Waals surface area contributed by atoms with Crippen LogP contribution in [0.25, 0.3) is 0 Å². The first-order valence-corrected chi connectivity index (χ1v) is 8.52. The van der Waals surface area contributed by atoms with Crippen molar-refractivity contribution < 1.29 is 4.39 Å². The van der Waals surface area contributed by atoms with E-state index in [0.29, 0.717) is 11.8 Å². The van der Waals surface area contributed by atoms with Gasteiger partial charge in [-0.25, -0.2) is 4.39 Å². The highest BCUT2D eigenvalue weighted by Crippen LogP contribution is 2.25. The van der Waals surface area contributed by atoms with Gasteiger partial charge >= 0.3 is 0 Å². The van der Waals surface area contributed by atoms with Crippen LogP contribution in [0.4, 0.5) is 4.39 Å². The van der Waals surface area contributed by atoms with Gasteiger partial charge in [0, 0.05) is 29.9 Å². The zero-order valence-corrected chi connectivity index (χ0v) is 16.6. The van der Waals surface area contributed by atoms with Gasteiger partial charge in [0.05, 0.1) is 0 Å². The fourth-order valence-electron chi connectivity index (χ4n) is 2.14. The van der Waals surface area contributed by atoms with Crippen molar-refractivity contribution in [1.82, 2.24) is 10.6 Å². The Labute approximate surface area is 155 Å². The molecule has 1 aliphatic heterocycles. The molecule has 0 aliphatic carbocycles. The van der Waals surface area contributed by atoms with E-state index in [9.17, 15) is 4.39 Å². The van der Waals surface area contributed by atoms with E-state index < -0.39 is 0 Å². The third kappa shape index (κ3) is 6.73. The van der Waals surface area contributed by atoms with Crippen molar-refractivity contribution in [3.05, 3.63) is 34.1 Å².